The Morgan fingerprint density at radius 3 is 2.94 bits per heavy atom. The molecule has 1 aromatic carbocycles. The van der Waals surface area contributed by atoms with E-state index in [0.29, 0.717) is 0 Å². The number of hydrogen-bond donors (Lipinski definition) is 1. The van der Waals surface area contributed by atoms with Crippen LogP contribution in [0.5, 0.6) is 0 Å². The van der Waals surface area contributed by atoms with Crippen LogP contribution in [-0.2, 0) is 0 Å². The molecule has 0 saturated carbocycles. The van der Waals surface area contributed by atoms with Crippen LogP contribution in [0.3, 0.4) is 0 Å². The van der Waals surface area contributed by atoms with E-state index in [2.05, 4.69) is 5.32 Å². The molecule has 0 amide bonds. The number of thioether (sulfide) groups is 1. The minimum Gasteiger partial charge on any atom is -0.468 e. The molecule has 90 valence electrons. The van der Waals surface area contributed by atoms with Crippen LogP contribution in [0.2, 0.25) is 5.02 Å². The van der Waals surface area contributed by atoms with E-state index in [4.69, 9.17) is 16.0 Å². The molecule has 0 aliphatic carbocycles. The van der Waals surface area contributed by atoms with E-state index in [1.807, 2.05) is 37.3 Å². The Morgan fingerprint density at radius 2 is 2.24 bits per heavy atom. The van der Waals surface area contributed by atoms with Crippen molar-refractivity contribution in [2.45, 2.75) is 11.8 Å². The minimum absolute atomic E-state index is 0.758. The lowest BCUT2D eigenvalue weighted by atomic mass is 10.3. The summed E-state index contributed by atoms with van der Waals surface area (Å²) in [6, 6.07) is 9.75. The molecule has 0 aliphatic rings. The molecule has 2 rings (SSSR count). The van der Waals surface area contributed by atoms with Crippen LogP contribution in [0.15, 0.2) is 45.9 Å². The van der Waals surface area contributed by atoms with Gasteiger partial charge in [-0.25, -0.2) is 0 Å². The maximum absolute atomic E-state index is 5.90. The van der Waals surface area contributed by atoms with Crippen molar-refractivity contribution in [3.05, 3.63) is 47.4 Å². The second kappa shape index (κ2) is 6.03. The van der Waals surface area contributed by atoms with Crippen molar-refractivity contribution in [2.24, 2.45) is 0 Å². The van der Waals surface area contributed by atoms with Gasteiger partial charge in [-0.15, -0.1) is 11.8 Å². The Kier molecular flexibility index (Phi) is 4.40. The maximum Gasteiger partial charge on any atom is 0.114 e. The van der Waals surface area contributed by atoms with E-state index in [1.54, 1.807) is 18.0 Å². The largest absolute Gasteiger partial charge is 0.468 e. The molecule has 0 radical (unpaired) electrons. The molecule has 0 unspecified atom stereocenters. The van der Waals surface area contributed by atoms with E-state index in [-0.39, 0.29) is 0 Å². The van der Waals surface area contributed by atoms with Gasteiger partial charge in [-0.2, -0.15) is 0 Å². The molecule has 0 fully saturated rings. The number of nitrogens with one attached hydrogen (secondary N) is 1. The van der Waals surface area contributed by atoms with Gasteiger partial charge in [0.25, 0.3) is 0 Å². The minimum atomic E-state index is 0.758. The molecular weight excluding hydrogens is 254 g/mol. The number of aryl methyl sites for hydroxylation is 1. The lowest BCUT2D eigenvalue weighted by molar-refractivity contribution is 0.527. The average Bonchev–Trinajstić information content (AvgIpc) is 2.71. The predicted octanol–water partition coefficient (Wildman–Crippen LogP) is 4.45. The Balaban J connectivity index is 1.75. The summed E-state index contributed by atoms with van der Waals surface area (Å²) in [5.41, 5.74) is 1.06. The number of rotatable bonds is 5. The van der Waals surface area contributed by atoms with Gasteiger partial charge in [0, 0.05) is 27.9 Å². The van der Waals surface area contributed by atoms with Gasteiger partial charge in [0.15, 0.2) is 0 Å². The first-order chi connectivity index (χ1) is 8.25. The van der Waals surface area contributed by atoms with Gasteiger partial charge in [-0.3, -0.25) is 0 Å². The van der Waals surface area contributed by atoms with Crippen molar-refractivity contribution in [3.8, 4) is 0 Å². The lowest BCUT2D eigenvalue weighted by Gasteiger charge is -2.06. The first-order valence-corrected chi connectivity index (χ1v) is 6.78. The third-order valence-electron chi connectivity index (χ3n) is 2.32. The first kappa shape index (κ1) is 12.4. The van der Waals surface area contributed by atoms with Gasteiger partial charge in [-0.05, 0) is 31.2 Å². The van der Waals surface area contributed by atoms with Gasteiger partial charge >= 0.3 is 0 Å². The van der Waals surface area contributed by atoms with Gasteiger partial charge < -0.3 is 9.73 Å². The Hall–Kier alpha value is -1.06. The Bertz CT molecular complexity index is 484. The fourth-order valence-corrected chi connectivity index (χ4v) is 2.50. The zero-order valence-corrected chi connectivity index (χ0v) is 11.1. The first-order valence-electron chi connectivity index (χ1n) is 5.42. The molecule has 0 saturated heterocycles. The Morgan fingerprint density at radius 1 is 1.35 bits per heavy atom. The summed E-state index contributed by atoms with van der Waals surface area (Å²) >= 11 is 7.69. The molecule has 2 aromatic rings. The highest BCUT2D eigenvalue weighted by molar-refractivity contribution is 7.99. The normalized spacial score (nSPS) is 10.5. The monoisotopic (exact) mass is 267 g/mol. The van der Waals surface area contributed by atoms with Crippen molar-refractivity contribution in [1.29, 1.82) is 0 Å². The van der Waals surface area contributed by atoms with Crippen LogP contribution in [0.1, 0.15) is 5.76 Å². The second-order valence-corrected chi connectivity index (χ2v) is 5.20. The fraction of sp³-hybridized carbons (Fsp3) is 0.231. The molecule has 2 nitrogen and oxygen atoms in total. The van der Waals surface area contributed by atoms with Crippen LogP contribution >= 0.6 is 23.4 Å². The van der Waals surface area contributed by atoms with Gasteiger partial charge in [0.05, 0.1) is 6.26 Å². The third kappa shape index (κ3) is 3.72. The third-order valence-corrected chi connectivity index (χ3v) is 3.70. The smallest absolute Gasteiger partial charge is 0.114 e. The molecule has 4 heteroatoms. The van der Waals surface area contributed by atoms with E-state index < -0.39 is 0 Å². The van der Waals surface area contributed by atoms with E-state index in [1.165, 1.54) is 4.90 Å². The number of furan rings is 1. The molecule has 1 heterocycles. The lowest BCUT2D eigenvalue weighted by Crippen LogP contribution is -2.03. The summed E-state index contributed by atoms with van der Waals surface area (Å²) in [4.78, 5) is 1.21. The van der Waals surface area contributed by atoms with Gasteiger partial charge in [0.1, 0.15) is 5.76 Å². The predicted molar refractivity (Wildman–Crippen MR) is 74.1 cm³/mol. The highest BCUT2D eigenvalue weighted by atomic mass is 35.5. The summed E-state index contributed by atoms with van der Waals surface area (Å²) in [6.45, 7) is 2.88. The Labute approximate surface area is 110 Å². The summed E-state index contributed by atoms with van der Waals surface area (Å²) in [5.74, 6) is 1.98. The van der Waals surface area contributed by atoms with Crippen molar-refractivity contribution in [3.63, 3.8) is 0 Å². The van der Waals surface area contributed by atoms with Crippen molar-refractivity contribution in [2.75, 3.05) is 17.6 Å². The van der Waals surface area contributed by atoms with Crippen molar-refractivity contribution < 1.29 is 4.42 Å². The SMILES string of the molecule is Cc1occc1SCCNc1cccc(Cl)c1. The van der Waals surface area contributed by atoms with E-state index in [9.17, 15) is 0 Å². The standard InChI is InChI=1S/C13H14ClNOS/c1-10-13(5-7-16-10)17-8-6-15-12-4-2-3-11(14)9-12/h2-5,7,9,15H,6,8H2,1H3. The fourth-order valence-electron chi connectivity index (χ4n) is 1.48. The summed E-state index contributed by atoms with van der Waals surface area (Å²) in [6.07, 6.45) is 1.72. The molecule has 0 spiro atoms. The average molecular weight is 268 g/mol. The van der Waals surface area contributed by atoms with Gasteiger partial charge in [0.2, 0.25) is 0 Å². The van der Waals surface area contributed by atoms with Crippen LogP contribution < -0.4 is 5.32 Å². The quantitative estimate of drug-likeness (QED) is 0.640. The highest BCUT2D eigenvalue weighted by Crippen LogP contribution is 2.23. The molecule has 0 atom stereocenters. The van der Waals surface area contributed by atoms with E-state index in [0.717, 1.165) is 28.8 Å². The number of hydrogen-bond acceptors (Lipinski definition) is 3. The van der Waals surface area contributed by atoms with Crippen molar-refractivity contribution >= 4 is 29.1 Å². The molecule has 1 N–H and O–H groups in total. The van der Waals surface area contributed by atoms with Crippen LogP contribution in [0.4, 0.5) is 5.69 Å². The zero-order valence-electron chi connectivity index (χ0n) is 9.57. The zero-order chi connectivity index (χ0) is 12.1. The highest BCUT2D eigenvalue weighted by Gasteiger charge is 2.01. The molecule has 1 aromatic heterocycles. The van der Waals surface area contributed by atoms with Gasteiger partial charge in [-0.1, -0.05) is 17.7 Å². The number of halogens is 1. The number of anilines is 1. The molecule has 17 heavy (non-hydrogen) atoms. The number of benzene rings is 1. The summed E-state index contributed by atoms with van der Waals surface area (Å²) in [5, 5.41) is 4.09. The maximum atomic E-state index is 5.90. The van der Waals surface area contributed by atoms with E-state index >= 15 is 0 Å². The molecular formula is C13H14ClNOS. The second-order valence-electron chi connectivity index (χ2n) is 3.63. The van der Waals surface area contributed by atoms with Crippen LogP contribution in [0, 0.1) is 6.92 Å². The molecule has 0 bridgehead atoms. The van der Waals surface area contributed by atoms with Crippen LogP contribution in [-0.4, -0.2) is 12.3 Å². The summed E-state index contributed by atoms with van der Waals surface area (Å²) in [7, 11) is 0. The van der Waals surface area contributed by atoms with Crippen molar-refractivity contribution in [1.82, 2.24) is 0 Å². The van der Waals surface area contributed by atoms with Crippen LogP contribution in [0.25, 0.3) is 0 Å². The summed E-state index contributed by atoms with van der Waals surface area (Å²) < 4.78 is 5.24. The molecule has 0 aliphatic heterocycles. The topological polar surface area (TPSA) is 25.2 Å².